The number of thioether (sulfide) groups is 1. The smallest absolute Gasteiger partial charge is 0.250 e. The van der Waals surface area contributed by atoms with Gasteiger partial charge in [0.2, 0.25) is 5.91 Å². The molecular weight excluding hydrogens is 474 g/mol. The Labute approximate surface area is 215 Å². The van der Waals surface area contributed by atoms with Crippen LogP contribution in [0.2, 0.25) is 0 Å². The van der Waals surface area contributed by atoms with Gasteiger partial charge in [0.05, 0.1) is 5.75 Å². The van der Waals surface area contributed by atoms with Gasteiger partial charge in [-0.15, -0.1) is 0 Å². The molecule has 35 heavy (non-hydrogen) atoms. The Morgan fingerprint density at radius 3 is 2.31 bits per heavy atom. The van der Waals surface area contributed by atoms with E-state index in [0.717, 1.165) is 36.1 Å². The van der Waals surface area contributed by atoms with Crippen LogP contribution in [0.15, 0.2) is 83.7 Å². The van der Waals surface area contributed by atoms with E-state index in [1.165, 1.54) is 22.9 Å². The summed E-state index contributed by atoms with van der Waals surface area (Å²) in [6, 6.07) is 26.1. The average Bonchev–Trinajstić information content (AvgIpc) is 2.89. The molecule has 5 nitrogen and oxygen atoms in total. The molecule has 0 radical (unpaired) electrons. The van der Waals surface area contributed by atoms with Crippen LogP contribution >= 0.6 is 24.0 Å². The maximum atomic E-state index is 12.7. The number of piperidine rings is 1. The van der Waals surface area contributed by atoms with Gasteiger partial charge in [-0.1, -0.05) is 90.7 Å². The minimum atomic E-state index is -0.0108. The molecule has 0 spiro atoms. The number of thiocarbonyl (C=S) groups is 1. The van der Waals surface area contributed by atoms with Crippen LogP contribution in [-0.4, -0.2) is 45.1 Å². The minimum Gasteiger partial charge on any atom is -0.356 e. The fourth-order valence-electron chi connectivity index (χ4n) is 5.33. The van der Waals surface area contributed by atoms with E-state index in [0.29, 0.717) is 24.1 Å². The lowest BCUT2D eigenvalue weighted by Crippen LogP contribution is -2.48. The van der Waals surface area contributed by atoms with Crippen LogP contribution in [-0.2, 0) is 11.3 Å². The molecule has 1 saturated heterocycles. The van der Waals surface area contributed by atoms with Gasteiger partial charge in [0.15, 0.2) is 0 Å². The molecule has 2 bridgehead atoms. The third-order valence-electron chi connectivity index (χ3n) is 6.97. The highest BCUT2D eigenvalue weighted by Gasteiger charge is 2.35. The maximum Gasteiger partial charge on any atom is 0.250 e. The number of rotatable bonds is 6. The van der Waals surface area contributed by atoms with Gasteiger partial charge in [-0.2, -0.15) is 0 Å². The Morgan fingerprint density at radius 1 is 0.943 bits per heavy atom. The van der Waals surface area contributed by atoms with Crippen LogP contribution in [0.3, 0.4) is 0 Å². The Balaban J connectivity index is 1.16. The average molecular weight is 504 g/mol. The van der Waals surface area contributed by atoms with E-state index in [4.69, 9.17) is 12.2 Å². The van der Waals surface area contributed by atoms with E-state index >= 15 is 0 Å². The minimum absolute atomic E-state index is 0.0108. The second-order valence-corrected chi connectivity index (χ2v) is 10.9. The molecule has 3 aromatic rings. The predicted molar refractivity (Wildman–Crippen MR) is 146 cm³/mol. The van der Waals surface area contributed by atoms with Gasteiger partial charge in [-0.3, -0.25) is 9.59 Å². The number of pyridine rings is 1. The first-order valence-corrected chi connectivity index (χ1v) is 13.5. The van der Waals surface area contributed by atoms with Gasteiger partial charge in [-0.25, -0.2) is 0 Å². The lowest BCUT2D eigenvalue weighted by molar-refractivity contribution is -0.118. The number of likely N-dealkylation sites (tertiary alicyclic amines) is 1. The zero-order valence-electron chi connectivity index (χ0n) is 19.5. The van der Waals surface area contributed by atoms with Crippen molar-refractivity contribution in [2.75, 3.05) is 25.4 Å². The van der Waals surface area contributed by atoms with Crippen molar-refractivity contribution in [2.24, 2.45) is 5.92 Å². The first-order valence-electron chi connectivity index (χ1n) is 12.1. The van der Waals surface area contributed by atoms with Crippen molar-refractivity contribution in [3.05, 3.63) is 106 Å². The summed E-state index contributed by atoms with van der Waals surface area (Å²) >= 11 is 7.16. The molecule has 0 aliphatic carbocycles. The molecule has 2 aliphatic rings. The fourth-order valence-corrected chi connectivity index (χ4v) is 6.34. The predicted octanol–water partition coefficient (Wildman–Crippen LogP) is 4.23. The lowest BCUT2D eigenvalue weighted by Gasteiger charge is -2.43. The monoisotopic (exact) mass is 503 g/mol. The second-order valence-electron chi connectivity index (χ2n) is 9.34. The van der Waals surface area contributed by atoms with Crippen LogP contribution in [0.1, 0.15) is 35.1 Å². The number of fused-ring (bicyclic) bond motifs is 4. The van der Waals surface area contributed by atoms with E-state index < -0.39 is 0 Å². The van der Waals surface area contributed by atoms with Crippen LogP contribution in [0.4, 0.5) is 0 Å². The third-order valence-corrected chi connectivity index (χ3v) is 8.50. The molecule has 1 aromatic heterocycles. The Hall–Kier alpha value is -2.90. The molecule has 1 amide bonds. The van der Waals surface area contributed by atoms with Crippen molar-refractivity contribution >= 4 is 34.2 Å². The van der Waals surface area contributed by atoms with Gasteiger partial charge in [0.1, 0.15) is 4.32 Å². The van der Waals surface area contributed by atoms with Gasteiger partial charge < -0.3 is 14.8 Å². The highest BCUT2D eigenvalue weighted by atomic mass is 32.2. The molecule has 180 valence electrons. The molecule has 2 atom stereocenters. The van der Waals surface area contributed by atoms with Crippen molar-refractivity contribution in [3.8, 4) is 0 Å². The van der Waals surface area contributed by atoms with Gasteiger partial charge in [0, 0.05) is 49.8 Å². The number of hydrogen-bond donors (Lipinski definition) is 1. The first-order chi connectivity index (χ1) is 17.1. The van der Waals surface area contributed by atoms with Crippen LogP contribution < -0.4 is 10.9 Å². The highest BCUT2D eigenvalue weighted by Crippen LogP contribution is 2.36. The van der Waals surface area contributed by atoms with Gasteiger partial charge in [0.25, 0.3) is 5.56 Å². The summed E-state index contributed by atoms with van der Waals surface area (Å²) in [5.41, 5.74) is 3.56. The molecule has 2 unspecified atom stereocenters. The Morgan fingerprint density at radius 2 is 1.63 bits per heavy atom. The van der Waals surface area contributed by atoms with Crippen molar-refractivity contribution < 1.29 is 4.79 Å². The number of nitrogens with one attached hydrogen (secondary N) is 1. The number of amides is 1. The summed E-state index contributed by atoms with van der Waals surface area (Å²) in [5, 5.41) is 3.12. The van der Waals surface area contributed by atoms with E-state index in [-0.39, 0.29) is 17.4 Å². The normalized spacial score (nSPS) is 18.7. The zero-order chi connectivity index (χ0) is 24.2. The van der Waals surface area contributed by atoms with Crippen LogP contribution in [0.25, 0.3) is 0 Å². The van der Waals surface area contributed by atoms with Crippen LogP contribution in [0, 0.1) is 5.92 Å². The summed E-state index contributed by atoms with van der Waals surface area (Å²) in [7, 11) is 0. The number of nitrogens with zero attached hydrogens (tertiary/aromatic N) is 2. The van der Waals surface area contributed by atoms with Crippen LogP contribution in [0.5, 0.6) is 0 Å². The Kier molecular flexibility index (Phi) is 7.35. The molecule has 1 N–H and O–H groups in total. The second kappa shape index (κ2) is 10.8. The summed E-state index contributed by atoms with van der Waals surface area (Å²) < 4.78 is 2.69. The highest BCUT2D eigenvalue weighted by molar-refractivity contribution is 8.23. The van der Waals surface area contributed by atoms with Crippen molar-refractivity contribution in [3.63, 3.8) is 0 Å². The largest absolute Gasteiger partial charge is 0.356 e. The molecule has 2 aliphatic heterocycles. The maximum absolute atomic E-state index is 12.7. The van der Waals surface area contributed by atoms with E-state index in [2.05, 4.69) is 40.5 Å². The molecule has 3 heterocycles. The standard InChI is InChI=1S/C28H29N3O2S2/c32-26(29-15-24(21-8-3-1-4-9-21)22-10-5-2-6-11-22)19-35-28(34)30-16-20-14-23(18-30)25-12-7-13-27(33)31(25)17-20/h1-13,20,23-24H,14-19H2,(H,29,32). The molecule has 5 rings (SSSR count). The topological polar surface area (TPSA) is 54.3 Å². The van der Waals surface area contributed by atoms with E-state index in [9.17, 15) is 9.59 Å². The van der Waals surface area contributed by atoms with Gasteiger partial charge >= 0.3 is 0 Å². The van der Waals surface area contributed by atoms with Crippen molar-refractivity contribution in [1.29, 1.82) is 0 Å². The molecule has 1 fully saturated rings. The Bertz CT molecular complexity index is 1210. The molecular formula is C28H29N3O2S2. The first kappa shape index (κ1) is 23.8. The van der Waals surface area contributed by atoms with Gasteiger partial charge in [-0.05, 0) is 29.5 Å². The van der Waals surface area contributed by atoms with Crippen molar-refractivity contribution in [1.82, 2.24) is 14.8 Å². The van der Waals surface area contributed by atoms with E-state index in [1.54, 1.807) is 6.07 Å². The molecule has 7 heteroatoms. The zero-order valence-corrected chi connectivity index (χ0v) is 21.1. The third kappa shape index (κ3) is 5.52. The fraction of sp³-hybridized carbons (Fsp3) is 0.321. The number of hydrogen-bond acceptors (Lipinski definition) is 4. The summed E-state index contributed by atoms with van der Waals surface area (Å²) in [5.74, 6) is 1.11. The quantitative estimate of drug-likeness (QED) is 0.510. The van der Waals surface area contributed by atoms with E-state index in [1.807, 2.05) is 47.0 Å². The number of carbonyl (C=O) groups is 1. The summed E-state index contributed by atoms with van der Waals surface area (Å²) in [6.45, 7) is 2.93. The lowest BCUT2D eigenvalue weighted by atomic mass is 9.83. The number of carbonyl (C=O) groups excluding carboxylic acids is 1. The number of aromatic nitrogens is 1. The molecule has 0 saturated carbocycles. The molecule has 2 aromatic carbocycles. The van der Waals surface area contributed by atoms with Crippen molar-refractivity contribution in [2.45, 2.75) is 24.8 Å². The SMILES string of the molecule is O=C(CSC(=S)N1CC2CC(C1)c1cccc(=O)n1C2)NCC(c1ccccc1)c1ccccc1. The summed E-state index contributed by atoms with van der Waals surface area (Å²) in [6.07, 6.45) is 1.09. The number of benzene rings is 2. The summed E-state index contributed by atoms with van der Waals surface area (Å²) in [4.78, 5) is 27.2.